The zero-order valence-electron chi connectivity index (χ0n) is 14.0. The van der Waals surface area contributed by atoms with Crippen LogP contribution in [-0.2, 0) is 0 Å². The third kappa shape index (κ3) is 3.40. The number of hydrogen-bond donors (Lipinski definition) is 2. The van der Waals surface area contributed by atoms with Crippen molar-refractivity contribution in [2.45, 2.75) is 26.8 Å². The summed E-state index contributed by atoms with van der Waals surface area (Å²) in [5.41, 5.74) is 5.40. The van der Waals surface area contributed by atoms with Gasteiger partial charge in [0.1, 0.15) is 11.6 Å². The standard InChI is InChI=1S/C17H17N5O3/c1-9(2)22-16(24)13(8-18)10(3)14(17(22)25)21-20-12-6-4-5-11(7-12)15(19)23/h4-7,9,25H,1-3H3,(H2,19,23)/b21-20+. The first kappa shape index (κ1) is 17.9. The van der Waals surface area contributed by atoms with Crippen LogP contribution >= 0.6 is 0 Å². The van der Waals surface area contributed by atoms with Gasteiger partial charge in [-0.3, -0.25) is 14.2 Å². The van der Waals surface area contributed by atoms with Crippen LogP contribution in [-0.4, -0.2) is 15.6 Å². The van der Waals surface area contributed by atoms with Crippen molar-refractivity contribution in [1.82, 2.24) is 4.57 Å². The molecule has 2 rings (SSSR count). The third-order valence-corrected chi connectivity index (χ3v) is 3.63. The second-order valence-electron chi connectivity index (χ2n) is 5.67. The average molecular weight is 339 g/mol. The third-order valence-electron chi connectivity index (χ3n) is 3.63. The fourth-order valence-corrected chi connectivity index (χ4v) is 2.34. The molecule has 8 heteroatoms. The van der Waals surface area contributed by atoms with E-state index in [0.29, 0.717) is 5.69 Å². The van der Waals surface area contributed by atoms with Crippen LogP contribution in [0.15, 0.2) is 39.3 Å². The summed E-state index contributed by atoms with van der Waals surface area (Å²) in [6.07, 6.45) is 0. The van der Waals surface area contributed by atoms with E-state index >= 15 is 0 Å². The Hall–Kier alpha value is -3.47. The minimum atomic E-state index is -0.601. The Bertz CT molecular complexity index is 967. The molecule has 0 fully saturated rings. The van der Waals surface area contributed by atoms with Crippen LogP contribution < -0.4 is 11.3 Å². The smallest absolute Gasteiger partial charge is 0.271 e. The fraction of sp³-hybridized carbons (Fsp3) is 0.235. The Morgan fingerprint density at radius 2 is 2.04 bits per heavy atom. The van der Waals surface area contributed by atoms with E-state index in [1.807, 2.05) is 6.07 Å². The highest BCUT2D eigenvalue weighted by molar-refractivity contribution is 5.93. The van der Waals surface area contributed by atoms with Gasteiger partial charge in [0.25, 0.3) is 5.56 Å². The van der Waals surface area contributed by atoms with Gasteiger partial charge in [-0.1, -0.05) is 6.07 Å². The van der Waals surface area contributed by atoms with Gasteiger partial charge in [-0.05, 0) is 39.0 Å². The van der Waals surface area contributed by atoms with Crippen LogP contribution in [0.4, 0.5) is 11.4 Å². The lowest BCUT2D eigenvalue weighted by Gasteiger charge is -2.15. The van der Waals surface area contributed by atoms with Crippen LogP contribution in [0.25, 0.3) is 0 Å². The number of amides is 1. The SMILES string of the molecule is Cc1c(/N=N/c2cccc(C(N)=O)c2)c(O)n(C(C)C)c(=O)c1C#N. The summed E-state index contributed by atoms with van der Waals surface area (Å²) >= 11 is 0. The van der Waals surface area contributed by atoms with Gasteiger partial charge in [0.05, 0.1) is 5.69 Å². The van der Waals surface area contributed by atoms with Gasteiger partial charge >= 0.3 is 0 Å². The van der Waals surface area contributed by atoms with E-state index in [0.717, 1.165) is 4.57 Å². The van der Waals surface area contributed by atoms with Crippen LogP contribution in [0.5, 0.6) is 5.88 Å². The molecule has 1 aromatic heterocycles. The molecule has 128 valence electrons. The minimum absolute atomic E-state index is 0.0225. The predicted octanol–water partition coefficient (Wildman–Crippen LogP) is 2.83. The molecule has 0 saturated heterocycles. The van der Waals surface area contributed by atoms with Crippen LogP contribution in [0.1, 0.15) is 41.4 Å². The number of benzene rings is 1. The largest absolute Gasteiger partial charge is 0.493 e. The number of nitriles is 1. The van der Waals surface area contributed by atoms with Gasteiger partial charge in [0.2, 0.25) is 11.8 Å². The van der Waals surface area contributed by atoms with Crippen LogP contribution in [0.2, 0.25) is 0 Å². The molecule has 2 aromatic rings. The molecule has 1 amide bonds. The predicted molar refractivity (Wildman–Crippen MR) is 91.3 cm³/mol. The van der Waals surface area contributed by atoms with Crippen molar-refractivity contribution >= 4 is 17.3 Å². The summed E-state index contributed by atoms with van der Waals surface area (Å²) < 4.78 is 1.08. The van der Waals surface area contributed by atoms with Crippen molar-refractivity contribution in [2.75, 3.05) is 0 Å². The highest BCUT2D eigenvalue weighted by atomic mass is 16.3. The Kier molecular flexibility index (Phi) is 4.98. The number of carbonyl (C=O) groups is 1. The first-order valence-electron chi connectivity index (χ1n) is 7.47. The number of pyridine rings is 1. The monoisotopic (exact) mass is 339 g/mol. The number of azo groups is 1. The van der Waals surface area contributed by atoms with E-state index in [2.05, 4.69) is 10.2 Å². The molecule has 0 bridgehead atoms. The maximum absolute atomic E-state index is 12.3. The van der Waals surface area contributed by atoms with Crippen molar-refractivity contribution in [3.8, 4) is 11.9 Å². The number of nitrogens with zero attached hydrogens (tertiary/aromatic N) is 4. The first-order chi connectivity index (χ1) is 11.8. The number of aromatic nitrogens is 1. The molecule has 3 N–H and O–H groups in total. The van der Waals surface area contributed by atoms with Crippen LogP contribution in [0, 0.1) is 18.3 Å². The second-order valence-corrected chi connectivity index (χ2v) is 5.67. The first-order valence-corrected chi connectivity index (χ1v) is 7.47. The zero-order chi connectivity index (χ0) is 18.7. The van der Waals surface area contributed by atoms with E-state index in [9.17, 15) is 20.0 Å². The Balaban J connectivity index is 2.62. The van der Waals surface area contributed by atoms with E-state index in [1.165, 1.54) is 19.1 Å². The lowest BCUT2D eigenvalue weighted by molar-refractivity contribution is 0.100. The Morgan fingerprint density at radius 3 is 2.60 bits per heavy atom. The molecule has 0 aliphatic rings. The molecule has 1 heterocycles. The summed E-state index contributed by atoms with van der Waals surface area (Å²) in [4.78, 5) is 23.5. The fourth-order valence-electron chi connectivity index (χ4n) is 2.34. The van der Waals surface area contributed by atoms with Gasteiger partial charge in [-0.25, -0.2) is 0 Å². The van der Waals surface area contributed by atoms with Crippen molar-refractivity contribution in [3.05, 3.63) is 51.3 Å². The molecule has 0 saturated carbocycles. The number of aromatic hydroxyl groups is 1. The number of hydrogen-bond acceptors (Lipinski definition) is 6. The summed E-state index contributed by atoms with van der Waals surface area (Å²) in [5, 5.41) is 27.6. The van der Waals surface area contributed by atoms with E-state index in [1.54, 1.807) is 26.0 Å². The molecule has 0 unspecified atom stereocenters. The summed E-state index contributed by atoms with van der Waals surface area (Å²) in [7, 11) is 0. The molecule has 0 atom stereocenters. The van der Waals surface area contributed by atoms with E-state index < -0.39 is 11.5 Å². The van der Waals surface area contributed by atoms with Gasteiger partial charge in [0.15, 0.2) is 5.69 Å². The average Bonchev–Trinajstić information content (AvgIpc) is 2.55. The topological polar surface area (TPSA) is 134 Å². The maximum Gasteiger partial charge on any atom is 0.271 e. The van der Waals surface area contributed by atoms with Gasteiger partial charge < -0.3 is 10.8 Å². The van der Waals surface area contributed by atoms with Crippen molar-refractivity contribution < 1.29 is 9.90 Å². The van der Waals surface area contributed by atoms with Crippen molar-refractivity contribution in [3.63, 3.8) is 0 Å². The molecule has 0 aliphatic carbocycles. The van der Waals surface area contributed by atoms with Gasteiger partial charge in [-0.15, -0.1) is 5.11 Å². The lowest BCUT2D eigenvalue weighted by atomic mass is 10.1. The Morgan fingerprint density at radius 1 is 1.36 bits per heavy atom. The van der Waals surface area contributed by atoms with E-state index in [-0.39, 0.29) is 34.3 Å². The second kappa shape index (κ2) is 6.97. The highest BCUT2D eigenvalue weighted by Gasteiger charge is 2.20. The molecule has 8 nitrogen and oxygen atoms in total. The molecular formula is C17H17N5O3. The van der Waals surface area contributed by atoms with Crippen LogP contribution in [0.3, 0.4) is 0 Å². The summed E-state index contributed by atoms with van der Waals surface area (Å²) in [5.74, 6) is -0.970. The molecule has 0 aliphatic heterocycles. The molecule has 1 aromatic carbocycles. The number of rotatable bonds is 4. The van der Waals surface area contributed by atoms with Gasteiger partial charge in [0, 0.05) is 17.2 Å². The van der Waals surface area contributed by atoms with Crippen molar-refractivity contribution in [2.24, 2.45) is 16.0 Å². The van der Waals surface area contributed by atoms with Crippen molar-refractivity contribution in [1.29, 1.82) is 5.26 Å². The molecular weight excluding hydrogens is 322 g/mol. The molecule has 0 spiro atoms. The Labute approximate surface area is 143 Å². The van der Waals surface area contributed by atoms with Gasteiger partial charge in [-0.2, -0.15) is 10.4 Å². The summed E-state index contributed by atoms with van der Waals surface area (Å²) in [6, 6.07) is 7.66. The zero-order valence-corrected chi connectivity index (χ0v) is 14.0. The maximum atomic E-state index is 12.3. The van der Waals surface area contributed by atoms with E-state index in [4.69, 9.17) is 5.73 Å². The number of nitrogens with two attached hydrogens (primary N) is 1. The molecule has 25 heavy (non-hydrogen) atoms. The lowest BCUT2D eigenvalue weighted by Crippen LogP contribution is -2.25. The number of primary amides is 1. The summed E-state index contributed by atoms with van der Waals surface area (Å²) in [6.45, 7) is 4.92. The minimum Gasteiger partial charge on any atom is -0.493 e. The quantitative estimate of drug-likeness (QED) is 0.828. The highest BCUT2D eigenvalue weighted by Crippen LogP contribution is 2.33. The molecule has 0 radical (unpaired) electrons. The number of carbonyl (C=O) groups excluding carboxylic acids is 1. The normalized spacial score (nSPS) is 11.0.